The normalized spacial score (nSPS) is 11.8. The number of amides is 2. The second-order valence-corrected chi connectivity index (χ2v) is 11.8. The first kappa shape index (κ1) is 32.5. The van der Waals surface area contributed by atoms with Gasteiger partial charge in [0.25, 0.3) is 10.0 Å². The van der Waals surface area contributed by atoms with Crippen molar-refractivity contribution < 1.29 is 27.5 Å². The van der Waals surface area contributed by atoms with Crippen LogP contribution < -0.4 is 19.1 Å². The molecule has 0 spiro atoms. The highest BCUT2D eigenvalue weighted by Crippen LogP contribution is 2.36. The molecule has 1 atom stereocenters. The Morgan fingerprint density at radius 3 is 2.21 bits per heavy atom. The SMILES string of the molecule is CCCCNC(=O)[C@@H](CC)N(Cc1ccccc1)C(=O)CN(c1cc(OC)ccc1OC)S(=O)(=O)c1ccc(C)cc1. The van der Waals surface area contributed by atoms with Gasteiger partial charge in [0.1, 0.15) is 24.1 Å². The summed E-state index contributed by atoms with van der Waals surface area (Å²) in [6.45, 7) is 5.79. The number of aryl methyl sites for hydroxylation is 1. The Morgan fingerprint density at radius 2 is 1.62 bits per heavy atom. The predicted molar refractivity (Wildman–Crippen MR) is 164 cm³/mol. The van der Waals surface area contributed by atoms with Gasteiger partial charge in [-0.15, -0.1) is 0 Å². The van der Waals surface area contributed by atoms with Crippen molar-refractivity contribution in [3.8, 4) is 11.5 Å². The van der Waals surface area contributed by atoms with Crippen LogP contribution in [0, 0.1) is 6.92 Å². The van der Waals surface area contributed by atoms with Gasteiger partial charge in [-0.25, -0.2) is 8.42 Å². The van der Waals surface area contributed by atoms with E-state index in [0.717, 1.165) is 28.3 Å². The van der Waals surface area contributed by atoms with Crippen LogP contribution in [0.25, 0.3) is 0 Å². The summed E-state index contributed by atoms with van der Waals surface area (Å²) in [4.78, 5) is 29.0. The molecule has 0 radical (unpaired) electrons. The van der Waals surface area contributed by atoms with E-state index >= 15 is 0 Å². The Bertz CT molecular complexity index is 1430. The van der Waals surface area contributed by atoms with E-state index in [9.17, 15) is 18.0 Å². The van der Waals surface area contributed by atoms with Gasteiger partial charge < -0.3 is 19.7 Å². The third kappa shape index (κ3) is 8.03. The summed E-state index contributed by atoms with van der Waals surface area (Å²) in [5, 5.41) is 2.93. The van der Waals surface area contributed by atoms with E-state index in [1.54, 1.807) is 24.3 Å². The van der Waals surface area contributed by atoms with E-state index in [4.69, 9.17) is 9.47 Å². The topological polar surface area (TPSA) is 105 Å². The van der Waals surface area contributed by atoms with Crippen molar-refractivity contribution in [3.63, 3.8) is 0 Å². The summed E-state index contributed by atoms with van der Waals surface area (Å²) in [5.74, 6) is -0.164. The van der Waals surface area contributed by atoms with Crippen LogP contribution in [0.2, 0.25) is 0 Å². The molecule has 0 aliphatic heterocycles. The minimum absolute atomic E-state index is 0.0183. The van der Waals surface area contributed by atoms with Gasteiger partial charge in [0.05, 0.1) is 24.8 Å². The molecule has 0 bridgehead atoms. The van der Waals surface area contributed by atoms with Crippen LogP contribution in [0.15, 0.2) is 77.7 Å². The maximum Gasteiger partial charge on any atom is 0.264 e. The highest BCUT2D eigenvalue weighted by Gasteiger charge is 2.35. The Balaban J connectivity index is 2.11. The number of anilines is 1. The lowest BCUT2D eigenvalue weighted by atomic mass is 10.1. The van der Waals surface area contributed by atoms with Gasteiger partial charge in [0, 0.05) is 19.2 Å². The number of nitrogens with zero attached hydrogens (tertiary/aromatic N) is 2. The van der Waals surface area contributed by atoms with E-state index in [2.05, 4.69) is 5.32 Å². The average molecular weight is 596 g/mol. The molecular weight excluding hydrogens is 554 g/mol. The summed E-state index contributed by atoms with van der Waals surface area (Å²) in [6, 6.07) is 19.7. The number of ether oxygens (including phenoxy) is 2. The molecule has 1 N–H and O–H groups in total. The Kier molecular flexibility index (Phi) is 11.8. The molecule has 0 saturated carbocycles. The molecule has 9 nitrogen and oxygen atoms in total. The molecule has 226 valence electrons. The summed E-state index contributed by atoms with van der Waals surface area (Å²) in [5.41, 5.74) is 1.85. The number of methoxy groups -OCH3 is 2. The van der Waals surface area contributed by atoms with Crippen molar-refractivity contribution in [2.45, 2.75) is 57.5 Å². The van der Waals surface area contributed by atoms with Gasteiger partial charge in [-0.3, -0.25) is 13.9 Å². The summed E-state index contributed by atoms with van der Waals surface area (Å²) in [6.07, 6.45) is 2.08. The first-order valence-electron chi connectivity index (χ1n) is 14.1. The molecule has 3 aromatic carbocycles. The van der Waals surface area contributed by atoms with Gasteiger partial charge in [0.15, 0.2) is 0 Å². The summed E-state index contributed by atoms with van der Waals surface area (Å²) in [7, 11) is -1.35. The maximum absolute atomic E-state index is 14.2. The van der Waals surface area contributed by atoms with Crippen LogP contribution in [0.4, 0.5) is 5.69 Å². The molecular formula is C32H41N3O6S. The third-order valence-corrected chi connectivity index (χ3v) is 8.73. The minimum atomic E-state index is -4.25. The molecule has 0 fully saturated rings. The number of rotatable bonds is 15. The molecule has 10 heteroatoms. The van der Waals surface area contributed by atoms with Crippen LogP contribution in [0.1, 0.15) is 44.2 Å². The zero-order chi connectivity index (χ0) is 30.7. The maximum atomic E-state index is 14.2. The zero-order valence-corrected chi connectivity index (χ0v) is 25.8. The fourth-order valence-electron chi connectivity index (χ4n) is 4.55. The molecule has 0 aromatic heterocycles. The van der Waals surface area contributed by atoms with Crippen molar-refractivity contribution in [3.05, 3.63) is 83.9 Å². The number of benzene rings is 3. The Hall–Kier alpha value is -4.05. The highest BCUT2D eigenvalue weighted by molar-refractivity contribution is 7.92. The van der Waals surface area contributed by atoms with Crippen molar-refractivity contribution in [2.75, 3.05) is 31.6 Å². The quantitative estimate of drug-likeness (QED) is 0.250. The Labute approximate surface area is 249 Å². The third-order valence-electron chi connectivity index (χ3n) is 6.95. The lowest BCUT2D eigenvalue weighted by Gasteiger charge is -2.33. The average Bonchev–Trinajstić information content (AvgIpc) is 3.00. The van der Waals surface area contributed by atoms with E-state index in [0.29, 0.717) is 18.7 Å². The van der Waals surface area contributed by atoms with E-state index in [-0.39, 0.29) is 28.8 Å². The van der Waals surface area contributed by atoms with Crippen molar-refractivity contribution in [1.82, 2.24) is 10.2 Å². The van der Waals surface area contributed by atoms with Gasteiger partial charge in [-0.2, -0.15) is 0 Å². The standard InChI is InChI=1S/C32H41N3O6S/c1-6-8-20-33-32(37)28(7-2)34(22-25-12-10-9-11-13-25)31(36)23-35(29-21-26(40-4)16-19-30(29)41-5)42(38,39)27-17-14-24(3)15-18-27/h9-19,21,28H,6-8,20,22-23H2,1-5H3,(H,33,37)/t28-/m1/s1. The zero-order valence-electron chi connectivity index (χ0n) is 25.0. The van der Waals surface area contributed by atoms with Gasteiger partial charge in [-0.1, -0.05) is 68.3 Å². The number of carbonyl (C=O) groups is 2. The number of hydrogen-bond acceptors (Lipinski definition) is 6. The number of sulfonamides is 1. The lowest BCUT2D eigenvalue weighted by Crippen LogP contribution is -2.52. The first-order valence-corrected chi connectivity index (χ1v) is 15.5. The lowest BCUT2D eigenvalue weighted by molar-refractivity contribution is -0.140. The number of hydrogen-bond donors (Lipinski definition) is 1. The molecule has 0 aliphatic carbocycles. The van der Waals surface area contributed by atoms with Crippen LogP contribution in [-0.2, 0) is 26.2 Å². The molecule has 0 aliphatic rings. The molecule has 3 aromatic rings. The molecule has 42 heavy (non-hydrogen) atoms. The first-order chi connectivity index (χ1) is 20.2. The molecule has 0 heterocycles. The van der Waals surface area contributed by atoms with E-state index < -0.39 is 28.5 Å². The smallest absolute Gasteiger partial charge is 0.264 e. The molecule has 2 amide bonds. The van der Waals surface area contributed by atoms with E-state index in [1.807, 2.05) is 51.1 Å². The van der Waals surface area contributed by atoms with Gasteiger partial charge in [-0.05, 0) is 49.6 Å². The van der Waals surface area contributed by atoms with Crippen molar-refractivity contribution in [1.29, 1.82) is 0 Å². The van der Waals surface area contributed by atoms with Crippen molar-refractivity contribution in [2.24, 2.45) is 0 Å². The molecule has 3 rings (SSSR count). The number of carbonyl (C=O) groups excluding carboxylic acids is 2. The minimum Gasteiger partial charge on any atom is -0.497 e. The number of nitrogens with one attached hydrogen (secondary N) is 1. The monoisotopic (exact) mass is 595 g/mol. The summed E-state index contributed by atoms with van der Waals surface area (Å²) < 4.78 is 40.2. The fraction of sp³-hybridized carbons (Fsp3) is 0.375. The highest BCUT2D eigenvalue weighted by atomic mass is 32.2. The van der Waals surface area contributed by atoms with Gasteiger partial charge in [0.2, 0.25) is 11.8 Å². The predicted octanol–water partition coefficient (Wildman–Crippen LogP) is 4.93. The second-order valence-electron chi connectivity index (χ2n) is 9.94. The van der Waals surface area contributed by atoms with Crippen LogP contribution in [0.3, 0.4) is 0 Å². The van der Waals surface area contributed by atoms with Crippen LogP contribution in [-0.4, -0.2) is 58.5 Å². The second kappa shape index (κ2) is 15.3. The Morgan fingerprint density at radius 1 is 0.929 bits per heavy atom. The van der Waals surface area contributed by atoms with Crippen LogP contribution >= 0.6 is 0 Å². The van der Waals surface area contributed by atoms with Crippen LogP contribution in [0.5, 0.6) is 11.5 Å². The van der Waals surface area contributed by atoms with Gasteiger partial charge >= 0.3 is 0 Å². The fourth-order valence-corrected chi connectivity index (χ4v) is 5.96. The summed E-state index contributed by atoms with van der Waals surface area (Å²) >= 11 is 0. The molecule has 0 saturated heterocycles. The van der Waals surface area contributed by atoms with E-state index in [1.165, 1.54) is 37.3 Å². The largest absolute Gasteiger partial charge is 0.497 e. The molecule has 0 unspecified atom stereocenters. The number of unbranched alkanes of at least 4 members (excludes halogenated alkanes) is 1. The van der Waals surface area contributed by atoms with Crippen molar-refractivity contribution >= 4 is 27.5 Å².